The molecule has 1 unspecified atom stereocenters. The molecule has 2 N–H and O–H groups in total. The van der Waals surface area contributed by atoms with Gasteiger partial charge >= 0.3 is 0 Å². The van der Waals surface area contributed by atoms with E-state index in [1.54, 1.807) is 24.3 Å². The summed E-state index contributed by atoms with van der Waals surface area (Å²) in [6.07, 6.45) is 9.45. The highest BCUT2D eigenvalue weighted by atomic mass is 32.2. The third-order valence-corrected chi connectivity index (χ3v) is 11.0. The zero-order valence-corrected chi connectivity index (χ0v) is 22.4. The van der Waals surface area contributed by atoms with Gasteiger partial charge in [0.05, 0.1) is 16.6 Å². The molecule has 1 aliphatic heterocycles. The first kappa shape index (κ1) is 25.2. The van der Waals surface area contributed by atoms with Crippen LogP contribution in [0.3, 0.4) is 0 Å². The highest BCUT2D eigenvalue weighted by Gasteiger charge is 2.50. The lowest BCUT2D eigenvalue weighted by Gasteiger charge is -2.56. The predicted octanol–water partition coefficient (Wildman–Crippen LogP) is 4.58. The van der Waals surface area contributed by atoms with Crippen LogP contribution in [-0.2, 0) is 14.8 Å². The topological polar surface area (TPSA) is 95.6 Å². The van der Waals surface area contributed by atoms with Gasteiger partial charge in [0.1, 0.15) is 0 Å². The zero-order chi connectivity index (χ0) is 26.5. The summed E-state index contributed by atoms with van der Waals surface area (Å²) in [4.78, 5) is 25.0. The molecule has 0 aromatic heterocycles. The van der Waals surface area contributed by atoms with Gasteiger partial charge in [-0.3, -0.25) is 13.9 Å². The van der Waals surface area contributed by atoms with E-state index in [-0.39, 0.29) is 34.7 Å². The maximum absolute atomic E-state index is 13.6. The Morgan fingerprint density at radius 2 is 1.61 bits per heavy atom. The van der Waals surface area contributed by atoms with E-state index in [2.05, 4.69) is 17.2 Å². The molecule has 8 heteroatoms. The average Bonchev–Trinajstić information content (AvgIpc) is 2.91. The maximum Gasteiger partial charge on any atom is 0.264 e. The van der Waals surface area contributed by atoms with Gasteiger partial charge < -0.3 is 10.6 Å². The van der Waals surface area contributed by atoms with Crippen molar-refractivity contribution in [2.45, 2.75) is 55.9 Å². The molecule has 7 nitrogen and oxygen atoms in total. The van der Waals surface area contributed by atoms with Gasteiger partial charge in [-0.05, 0) is 110 Å². The van der Waals surface area contributed by atoms with Gasteiger partial charge in [0.2, 0.25) is 5.91 Å². The van der Waals surface area contributed by atoms with Gasteiger partial charge in [-0.15, -0.1) is 0 Å². The minimum absolute atomic E-state index is 0.138. The number of carbonyl (C=O) groups is 2. The standard InChI is InChI=1S/C30H35N3O4S/c1-2-28(34)32-26-11-12-33(27-6-4-3-5-25(26)27)38(36,37)24-9-7-23(8-10-24)29(35)31-19-30-16-20-13-21(17-30)15-22(14-20)18-30/h2-10,20-22,26H,1,11-19H2,(H,31,35)(H,32,34). The van der Waals surface area contributed by atoms with Gasteiger partial charge in [0.15, 0.2) is 0 Å². The van der Waals surface area contributed by atoms with Crippen LogP contribution in [-0.4, -0.2) is 33.3 Å². The Bertz CT molecular complexity index is 1330. The van der Waals surface area contributed by atoms with Crippen LogP contribution in [0, 0.1) is 23.2 Å². The second-order valence-electron chi connectivity index (χ2n) is 11.8. The number of amides is 2. The van der Waals surface area contributed by atoms with Crippen molar-refractivity contribution in [3.05, 3.63) is 72.3 Å². The van der Waals surface area contributed by atoms with Crippen molar-refractivity contribution in [1.82, 2.24) is 10.6 Å². The van der Waals surface area contributed by atoms with Gasteiger partial charge in [-0.2, -0.15) is 0 Å². The molecular formula is C30H35N3O4S. The van der Waals surface area contributed by atoms with E-state index in [1.165, 1.54) is 61.0 Å². The number of rotatable bonds is 7. The predicted molar refractivity (Wildman–Crippen MR) is 146 cm³/mol. The Labute approximate surface area is 224 Å². The maximum atomic E-state index is 13.6. The van der Waals surface area contributed by atoms with E-state index in [0.717, 1.165) is 23.3 Å². The van der Waals surface area contributed by atoms with Crippen LogP contribution in [0.15, 0.2) is 66.1 Å². The highest BCUT2D eigenvalue weighted by molar-refractivity contribution is 7.92. The quantitative estimate of drug-likeness (QED) is 0.510. The molecule has 4 aliphatic carbocycles. The smallest absolute Gasteiger partial charge is 0.264 e. The molecule has 2 aromatic rings. The lowest BCUT2D eigenvalue weighted by Crippen LogP contribution is -2.51. The van der Waals surface area contributed by atoms with E-state index >= 15 is 0 Å². The Morgan fingerprint density at radius 1 is 0.974 bits per heavy atom. The van der Waals surface area contributed by atoms with Crippen molar-refractivity contribution >= 4 is 27.5 Å². The number of anilines is 1. The molecule has 2 aromatic carbocycles. The highest BCUT2D eigenvalue weighted by Crippen LogP contribution is 2.59. The number of para-hydroxylation sites is 1. The second-order valence-corrected chi connectivity index (χ2v) is 13.7. The first-order valence-corrected chi connectivity index (χ1v) is 15.1. The monoisotopic (exact) mass is 533 g/mol. The third-order valence-electron chi connectivity index (χ3n) is 9.20. The number of nitrogens with zero attached hydrogens (tertiary/aromatic N) is 1. The zero-order valence-electron chi connectivity index (χ0n) is 21.6. The van der Waals surface area contributed by atoms with Crippen LogP contribution in [0.4, 0.5) is 5.69 Å². The summed E-state index contributed by atoms with van der Waals surface area (Å²) in [6, 6.07) is 13.2. The molecule has 4 saturated carbocycles. The molecule has 1 heterocycles. The van der Waals surface area contributed by atoms with Gasteiger partial charge in [-0.25, -0.2) is 8.42 Å². The van der Waals surface area contributed by atoms with Crippen molar-refractivity contribution in [3.8, 4) is 0 Å². The molecule has 4 fully saturated rings. The number of fused-ring (bicyclic) bond motifs is 1. The summed E-state index contributed by atoms with van der Waals surface area (Å²) in [7, 11) is -3.85. The molecule has 7 rings (SSSR count). The van der Waals surface area contributed by atoms with Gasteiger partial charge in [0, 0.05) is 18.7 Å². The summed E-state index contributed by atoms with van der Waals surface area (Å²) in [5.74, 6) is 2.05. The van der Waals surface area contributed by atoms with Crippen LogP contribution >= 0.6 is 0 Å². The SMILES string of the molecule is C=CC(=O)NC1CCN(S(=O)(=O)c2ccc(C(=O)NCC34CC5CC(CC(C5)C3)C4)cc2)c2ccccc21. The Kier molecular flexibility index (Phi) is 6.33. The second kappa shape index (κ2) is 9.56. The summed E-state index contributed by atoms with van der Waals surface area (Å²) in [6.45, 7) is 4.44. The normalized spacial score (nSPS) is 29.4. The minimum atomic E-state index is -3.85. The number of nitrogens with one attached hydrogen (secondary N) is 2. The van der Waals surface area contributed by atoms with Crippen LogP contribution in [0.25, 0.3) is 0 Å². The molecule has 2 amide bonds. The lowest BCUT2D eigenvalue weighted by molar-refractivity contribution is -0.117. The minimum Gasteiger partial charge on any atom is -0.351 e. The summed E-state index contributed by atoms with van der Waals surface area (Å²) >= 11 is 0. The number of hydrogen-bond donors (Lipinski definition) is 2. The molecule has 38 heavy (non-hydrogen) atoms. The van der Waals surface area contributed by atoms with Crippen molar-refractivity contribution in [2.24, 2.45) is 23.2 Å². The first-order valence-electron chi connectivity index (χ1n) is 13.7. The number of sulfonamides is 1. The van der Waals surface area contributed by atoms with E-state index in [1.807, 2.05) is 12.1 Å². The number of benzene rings is 2. The largest absolute Gasteiger partial charge is 0.351 e. The van der Waals surface area contributed by atoms with Crippen LogP contribution in [0.1, 0.15) is 66.9 Å². The van der Waals surface area contributed by atoms with Crippen LogP contribution in [0.2, 0.25) is 0 Å². The van der Waals surface area contributed by atoms with E-state index in [0.29, 0.717) is 24.2 Å². The molecule has 0 saturated heterocycles. The van der Waals surface area contributed by atoms with E-state index < -0.39 is 10.0 Å². The van der Waals surface area contributed by atoms with Crippen molar-refractivity contribution in [1.29, 1.82) is 0 Å². The third kappa shape index (κ3) is 4.53. The Hall–Kier alpha value is -3.13. The van der Waals surface area contributed by atoms with E-state index in [9.17, 15) is 18.0 Å². The Balaban J connectivity index is 1.15. The molecule has 5 aliphatic rings. The van der Waals surface area contributed by atoms with Crippen molar-refractivity contribution in [2.75, 3.05) is 17.4 Å². The van der Waals surface area contributed by atoms with Gasteiger partial charge in [-0.1, -0.05) is 24.8 Å². The Morgan fingerprint density at radius 3 is 2.24 bits per heavy atom. The molecule has 0 spiro atoms. The first-order chi connectivity index (χ1) is 18.3. The summed E-state index contributed by atoms with van der Waals surface area (Å²) in [5.41, 5.74) is 2.02. The van der Waals surface area contributed by atoms with Crippen molar-refractivity contribution in [3.63, 3.8) is 0 Å². The van der Waals surface area contributed by atoms with Crippen LogP contribution in [0.5, 0.6) is 0 Å². The van der Waals surface area contributed by atoms with Crippen molar-refractivity contribution < 1.29 is 18.0 Å². The molecule has 4 bridgehead atoms. The average molecular weight is 534 g/mol. The molecule has 1 atom stereocenters. The summed E-state index contributed by atoms with van der Waals surface area (Å²) < 4.78 is 28.6. The molecular weight excluding hydrogens is 498 g/mol. The molecule has 200 valence electrons. The number of carbonyl (C=O) groups excluding carboxylic acids is 2. The molecule has 0 radical (unpaired) electrons. The fourth-order valence-electron chi connectivity index (χ4n) is 7.94. The fourth-order valence-corrected chi connectivity index (χ4v) is 9.45. The van der Waals surface area contributed by atoms with E-state index in [4.69, 9.17) is 0 Å². The fraction of sp³-hybridized carbons (Fsp3) is 0.467. The van der Waals surface area contributed by atoms with Gasteiger partial charge in [0.25, 0.3) is 15.9 Å². The van der Waals surface area contributed by atoms with Crippen LogP contribution < -0.4 is 14.9 Å². The summed E-state index contributed by atoms with van der Waals surface area (Å²) in [5, 5.41) is 6.06. The number of hydrogen-bond acceptors (Lipinski definition) is 4. The lowest BCUT2D eigenvalue weighted by atomic mass is 9.49.